The van der Waals surface area contributed by atoms with Gasteiger partial charge in [0.15, 0.2) is 0 Å². The van der Waals surface area contributed by atoms with Crippen LogP contribution >= 0.6 is 0 Å². The van der Waals surface area contributed by atoms with Crippen LogP contribution in [0.2, 0.25) is 0 Å². The molecule has 2 heterocycles. The predicted octanol–water partition coefficient (Wildman–Crippen LogP) is 0.745. The molecule has 2 aliphatic heterocycles. The zero-order valence-corrected chi connectivity index (χ0v) is 12.2. The van der Waals surface area contributed by atoms with E-state index in [0.29, 0.717) is 32.5 Å². The lowest BCUT2D eigenvalue weighted by Gasteiger charge is -2.31. The summed E-state index contributed by atoms with van der Waals surface area (Å²) in [5.41, 5.74) is 0. The van der Waals surface area contributed by atoms with Crippen LogP contribution in [0.5, 0.6) is 0 Å². The van der Waals surface area contributed by atoms with Crippen LogP contribution in [0, 0.1) is 0 Å². The first kappa shape index (κ1) is 14.7. The molecule has 1 unspecified atom stereocenters. The van der Waals surface area contributed by atoms with E-state index >= 15 is 0 Å². The molecule has 2 aliphatic rings. The van der Waals surface area contributed by atoms with E-state index in [0.717, 1.165) is 19.3 Å². The quantitative estimate of drug-likeness (QED) is 0.766. The summed E-state index contributed by atoms with van der Waals surface area (Å²) in [6, 6.07) is -0.561. The van der Waals surface area contributed by atoms with Gasteiger partial charge in [0.2, 0.25) is 10.0 Å². The Labute approximate surface area is 114 Å². The van der Waals surface area contributed by atoms with Crippen molar-refractivity contribution in [2.75, 3.05) is 25.4 Å². The average molecular weight is 290 g/mol. The lowest BCUT2D eigenvalue weighted by molar-refractivity contribution is -0.200. The number of hydrogen-bond donors (Lipinski definition) is 0. The number of hydrogen-bond acceptors (Lipinski definition) is 4. The summed E-state index contributed by atoms with van der Waals surface area (Å²) in [4.78, 5) is 17.7. The molecule has 2 saturated heterocycles. The van der Waals surface area contributed by atoms with Crippen LogP contribution in [0.25, 0.3) is 0 Å². The molecule has 7 heteroatoms. The average Bonchev–Trinajstić information content (AvgIpc) is 2.89. The molecule has 0 N–H and O–H groups in total. The van der Waals surface area contributed by atoms with Crippen molar-refractivity contribution in [3.63, 3.8) is 0 Å². The third-order valence-electron chi connectivity index (χ3n) is 3.56. The zero-order valence-electron chi connectivity index (χ0n) is 11.4. The van der Waals surface area contributed by atoms with E-state index in [1.807, 2.05) is 6.92 Å². The van der Waals surface area contributed by atoms with Crippen LogP contribution in [0.1, 0.15) is 39.0 Å². The standard InChI is InChI=1S/C12H22N2O4S/c1-2-10-19(16,17)14-8-5-6-11(14)12(15)13-7-3-4-9-18-13/h11H,2-10H2,1H3. The Morgan fingerprint density at radius 1 is 1.26 bits per heavy atom. The first-order valence-electron chi connectivity index (χ1n) is 7.00. The van der Waals surface area contributed by atoms with Crippen molar-refractivity contribution in [2.45, 2.75) is 45.1 Å². The molecule has 0 aliphatic carbocycles. The number of carbonyl (C=O) groups is 1. The fourth-order valence-electron chi connectivity index (χ4n) is 2.63. The summed E-state index contributed by atoms with van der Waals surface area (Å²) in [7, 11) is -3.31. The van der Waals surface area contributed by atoms with Gasteiger partial charge in [0.1, 0.15) is 6.04 Å². The maximum atomic E-state index is 12.4. The van der Waals surface area contributed by atoms with E-state index in [4.69, 9.17) is 4.84 Å². The SMILES string of the molecule is CCCS(=O)(=O)N1CCCC1C(=O)N1CCCCO1. The second kappa shape index (κ2) is 6.19. The Morgan fingerprint density at radius 2 is 2.05 bits per heavy atom. The molecule has 1 amide bonds. The number of rotatable bonds is 4. The van der Waals surface area contributed by atoms with Crippen LogP contribution < -0.4 is 0 Å². The van der Waals surface area contributed by atoms with E-state index < -0.39 is 16.1 Å². The molecular formula is C12H22N2O4S. The highest BCUT2D eigenvalue weighted by Gasteiger charge is 2.40. The molecule has 2 rings (SSSR count). The molecule has 2 fully saturated rings. The first-order valence-corrected chi connectivity index (χ1v) is 8.61. The van der Waals surface area contributed by atoms with E-state index in [9.17, 15) is 13.2 Å². The molecule has 6 nitrogen and oxygen atoms in total. The van der Waals surface area contributed by atoms with Gasteiger partial charge in [0, 0.05) is 13.1 Å². The van der Waals surface area contributed by atoms with Gasteiger partial charge < -0.3 is 0 Å². The van der Waals surface area contributed by atoms with E-state index in [1.54, 1.807) is 0 Å². The molecule has 0 aromatic rings. The van der Waals surface area contributed by atoms with Crippen LogP contribution in [-0.4, -0.2) is 55.2 Å². The van der Waals surface area contributed by atoms with E-state index in [-0.39, 0.29) is 11.7 Å². The van der Waals surface area contributed by atoms with Crippen LogP contribution in [-0.2, 0) is 19.7 Å². The number of carbonyl (C=O) groups excluding carboxylic acids is 1. The minimum atomic E-state index is -3.31. The van der Waals surface area contributed by atoms with Crippen LogP contribution in [0.15, 0.2) is 0 Å². The van der Waals surface area contributed by atoms with Crippen LogP contribution in [0.4, 0.5) is 0 Å². The highest BCUT2D eigenvalue weighted by atomic mass is 32.2. The first-order chi connectivity index (χ1) is 9.06. The van der Waals surface area contributed by atoms with Crippen molar-refractivity contribution in [1.82, 2.24) is 9.37 Å². The molecule has 0 aromatic heterocycles. The maximum Gasteiger partial charge on any atom is 0.264 e. The van der Waals surface area contributed by atoms with Gasteiger partial charge in [-0.1, -0.05) is 6.92 Å². The Kier molecular flexibility index (Phi) is 4.81. The normalized spacial score (nSPS) is 25.7. The summed E-state index contributed by atoms with van der Waals surface area (Å²) in [6.45, 7) is 3.39. The number of hydroxylamine groups is 2. The number of sulfonamides is 1. The van der Waals surface area contributed by atoms with Gasteiger partial charge in [0.25, 0.3) is 5.91 Å². The van der Waals surface area contributed by atoms with E-state index in [1.165, 1.54) is 9.37 Å². The highest BCUT2D eigenvalue weighted by molar-refractivity contribution is 7.89. The molecule has 0 radical (unpaired) electrons. The van der Waals surface area contributed by atoms with Gasteiger partial charge in [-0.15, -0.1) is 0 Å². The van der Waals surface area contributed by atoms with Gasteiger partial charge in [-0.25, -0.2) is 13.5 Å². The molecule has 0 bridgehead atoms. The minimum absolute atomic E-state index is 0.109. The summed E-state index contributed by atoms with van der Waals surface area (Å²) >= 11 is 0. The molecule has 0 spiro atoms. The summed E-state index contributed by atoms with van der Waals surface area (Å²) in [5, 5.41) is 1.36. The number of amides is 1. The van der Waals surface area contributed by atoms with Crippen molar-refractivity contribution < 1.29 is 18.0 Å². The second-order valence-electron chi connectivity index (χ2n) is 5.07. The van der Waals surface area contributed by atoms with Crippen molar-refractivity contribution in [2.24, 2.45) is 0 Å². The maximum absolute atomic E-state index is 12.4. The van der Waals surface area contributed by atoms with Gasteiger partial charge in [-0.05, 0) is 32.1 Å². The fourth-order valence-corrected chi connectivity index (χ4v) is 4.37. The lowest BCUT2D eigenvalue weighted by Crippen LogP contribution is -2.49. The Bertz CT molecular complexity index is 417. The van der Waals surface area contributed by atoms with Crippen molar-refractivity contribution >= 4 is 15.9 Å². The molecule has 0 aromatic carbocycles. The largest absolute Gasteiger partial charge is 0.271 e. The summed E-state index contributed by atoms with van der Waals surface area (Å²) in [6.07, 6.45) is 3.78. The molecule has 0 saturated carbocycles. The minimum Gasteiger partial charge on any atom is -0.271 e. The number of nitrogens with zero attached hydrogens (tertiary/aromatic N) is 2. The molecular weight excluding hydrogens is 268 g/mol. The zero-order chi connectivity index (χ0) is 13.9. The topological polar surface area (TPSA) is 66.9 Å². The third kappa shape index (κ3) is 3.27. The summed E-state index contributed by atoms with van der Waals surface area (Å²) in [5.74, 6) is -0.0886. The molecule has 110 valence electrons. The van der Waals surface area contributed by atoms with Gasteiger partial charge in [-0.2, -0.15) is 4.31 Å². The molecule has 1 atom stereocenters. The summed E-state index contributed by atoms with van der Waals surface area (Å²) < 4.78 is 25.7. The molecule has 19 heavy (non-hydrogen) atoms. The second-order valence-corrected chi connectivity index (χ2v) is 7.11. The fraction of sp³-hybridized carbons (Fsp3) is 0.917. The highest BCUT2D eigenvalue weighted by Crippen LogP contribution is 2.24. The van der Waals surface area contributed by atoms with Gasteiger partial charge >= 0.3 is 0 Å². The van der Waals surface area contributed by atoms with Crippen molar-refractivity contribution in [3.05, 3.63) is 0 Å². The smallest absolute Gasteiger partial charge is 0.264 e. The lowest BCUT2D eigenvalue weighted by atomic mass is 10.2. The predicted molar refractivity (Wildman–Crippen MR) is 70.7 cm³/mol. The van der Waals surface area contributed by atoms with E-state index in [2.05, 4.69) is 0 Å². The van der Waals surface area contributed by atoms with Crippen molar-refractivity contribution in [1.29, 1.82) is 0 Å². The monoisotopic (exact) mass is 290 g/mol. The van der Waals surface area contributed by atoms with Crippen LogP contribution in [0.3, 0.4) is 0 Å². The third-order valence-corrected chi connectivity index (χ3v) is 5.63. The Morgan fingerprint density at radius 3 is 2.68 bits per heavy atom. The van der Waals surface area contributed by atoms with Crippen molar-refractivity contribution in [3.8, 4) is 0 Å². The Hall–Kier alpha value is -0.660. The van der Waals surface area contributed by atoms with Gasteiger partial charge in [-0.3, -0.25) is 9.63 Å². The van der Waals surface area contributed by atoms with Gasteiger partial charge in [0.05, 0.1) is 12.4 Å². The Balaban J connectivity index is 2.07.